The van der Waals surface area contributed by atoms with Gasteiger partial charge < -0.3 is 10.6 Å². The fourth-order valence-electron chi connectivity index (χ4n) is 3.03. The number of unbranched alkanes of at least 4 members (excludes halogenated alkanes) is 1. The molecule has 0 fully saturated rings. The molecule has 0 bridgehead atoms. The Labute approximate surface area is 157 Å². The molecule has 0 saturated heterocycles. The van der Waals surface area contributed by atoms with Crippen LogP contribution in [-0.2, 0) is 4.79 Å². The summed E-state index contributed by atoms with van der Waals surface area (Å²) in [6, 6.07) is 16.2. The number of aromatic nitrogens is 1. The zero-order chi connectivity index (χ0) is 18.9. The molecule has 0 aliphatic rings. The summed E-state index contributed by atoms with van der Waals surface area (Å²) < 4.78 is 0. The first-order chi connectivity index (χ1) is 13.3. The summed E-state index contributed by atoms with van der Waals surface area (Å²) in [6.45, 7) is 1.45. The number of pyridine rings is 1. The number of benzene rings is 2. The number of hydrogen-bond acceptors (Lipinski definition) is 4. The number of amides is 1. The van der Waals surface area contributed by atoms with Gasteiger partial charge in [0.05, 0.1) is 16.7 Å². The quantitative estimate of drug-likeness (QED) is 0.194. The van der Waals surface area contributed by atoms with Crippen molar-refractivity contribution in [3.63, 3.8) is 0 Å². The van der Waals surface area contributed by atoms with Crippen molar-refractivity contribution >= 4 is 33.4 Å². The number of hydrogen-bond donors (Lipinski definition) is 2. The Kier molecular flexibility index (Phi) is 6.44. The average molecular weight is 362 g/mol. The summed E-state index contributed by atoms with van der Waals surface area (Å²) in [5.74, 6) is -0.0112. The first-order valence-electron chi connectivity index (χ1n) is 9.08. The van der Waals surface area contributed by atoms with Gasteiger partial charge in [-0.2, -0.15) is 0 Å². The highest BCUT2D eigenvalue weighted by atomic mass is 16.1. The van der Waals surface area contributed by atoms with Crippen LogP contribution < -0.4 is 10.6 Å². The predicted octanol–water partition coefficient (Wildman–Crippen LogP) is 4.40. The second kappa shape index (κ2) is 9.40. The molecule has 0 unspecified atom stereocenters. The van der Waals surface area contributed by atoms with Crippen LogP contribution in [0.25, 0.3) is 32.2 Å². The molecule has 3 rings (SSSR count). The maximum atomic E-state index is 11.7. The molecular formula is C20H22N6O. The van der Waals surface area contributed by atoms with E-state index in [-0.39, 0.29) is 12.5 Å². The largest absolute Gasteiger partial charge is 0.384 e. The summed E-state index contributed by atoms with van der Waals surface area (Å²) in [5, 5.41) is 11.9. The van der Waals surface area contributed by atoms with E-state index in [1.54, 1.807) is 0 Å². The van der Waals surface area contributed by atoms with Crippen molar-refractivity contribution in [1.82, 2.24) is 10.3 Å². The number of nitrogens with zero attached hydrogens (tertiary/aromatic N) is 4. The minimum Gasteiger partial charge on any atom is -0.384 e. The van der Waals surface area contributed by atoms with Gasteiger partial charge in [-0.25, -0.2) is 4.98 Å². The second-order valence-electron chi connectivity index (χ2n) is 6.21. The Balaban J connectivity index is 1.57. The maximum Gasteiger partial charge on any atom is 0.219 e. The van der Waals surface area contributed by atoms with Crippen molar-refractivity contribution in [3.05, 3.63) is 59.0 Å². The van der Waals surface area contributed by atoms with Gasteiger partial charge in [0.2, 0.25) is 5.91 Å². The summed E-state index contributed by atoms with van der Waals surface area (Å²) in [6.07, 6.45) is 2.14. The molecule has 27 heavy (non-hydrogen) atoms. The van der Waals surface area contributed by atoms with E-state index in [0.717, 1.165) is 46.9 Å². The molecule has 0 aliphatic carbocycles. The number of fused-ring (bicyclic) bond motifs is 2. The standard InChI is InChI=1S/C20H22N6O/c21-26-24-14-13-22-19(27)11-5-6-12-23-20-15-7-1-3-9-17(15)25-18-10-4-2-8-16(18)20/h1-4,7-10H,5-6,11-14H2,(H,22,27)(H,23,25). The lowest BCUT2D eigenvalue weighted by Crippen LogP contribution is -2.25. The fraction of sp³-hybridized carbons (Fsp3) is 0.300. The number of carbonyl (C=O) groups is 1. The number of azide groups is 1. The third-order valence-corrected chi connectivity index (χ3v) is 4.32. The third-order valence-electron chi connectivity index (χ3n) is 4.32. The molecule has 0 atom stereocenters. The van der Waals surface area contributed by atoms with Gasteiger partial charge in [0, 0.05) is 41.7 Å². The van der Waals surface area contributed by atoms with Gasteiger partial charge in [-0.1, -0.05) is 41.5 Å². The van der Waals surface area contributed by atoms with E-state index in [1.807, 2.05) is 36.4 Å². The van der Waals surface area contributed by atoms with Crippen LogP contribution in [0.3, 0.4) is 0 Å². The van der Waals surface area contributed by atoms with Crippen LogP contribution in [0.15, 0.2) is 53.6 Å². The number of para-hydroxylation sites is 2. The zero-order valence-electron chi connectivity index (χ0n) is 15.1. The lowest BCUT2D eigenvalue weighted by Gasteiger charge is -2.13. The van der Waals surface area contributed by atoms with Gasteiger partial charge in [-0.3, -0.25) is 4.79 Å². The van der Waals surface area contributed by atoms with E-state index >= 15 is 0 Å². The Morgan fingerprint density at radius 3 is 2.33 bits per heavy atom. The Morgan fingerprint density at radius 2 is 1.67 bits per heavy atom. The van der Waals surface area contributed by atoms with Crippen LogP contribution in [0.5, 0.6) is 0 Å². The second-order valence-corrected chi connectivity index (χ2v) is 6.21. The normalized spacial score (nSPS) is 10.5. The van der Waals surface area contributed by atoms with Crippen molar-refractivity contribution in [3.8, 4) is 0 Å². The third kappa shape index (κ3) is 4.86. The summed E-state index contributed by atoms with van der Waals surface area (Å²) in [4.78, 5) is 19.1. The van der Waals surface area contributed by atoms with E-state index in [4.69, 9.17) is 10.5 Å². The lowest BCUT2D eigenvalue weighted by atomic mass is 10.1. The van der Waals surface area contributed by atoms with Crippen LogP contribution >= 0.6 is 0 Å². The van der Waals surface area contributed by atoms with Gasteiger partial charge in [-0.15, -0.1) is 0 Å². The van der Waals surface area contributed by atoms with Gasteiger partial charge in [0.1, 0.15) is 0 Å². The molecule has 2 N–H and O–H groups in total. The maximum absolute atomic E-state index is 11.7. The predicted molar refractivity (Wildman–Crippen MR) is 109 cm³/mol. The van der Waals surface area contributed by atoms with Crippen molar-refractivity contribution < 1.29 is 4.79 Å². The van der Waals surface area contributed by atoms with Crippen molar-refractivity contribution in [1.29, 1.82) is 0 Å². The smallest absolute Gasteiger partial charge is 0.219 e. The number of rotatable bonds is 9. The van der Waals surface area contributed by atoms with Crippen molar-refractivity contribution in [2.24, 2.45) is 5.11 Å². The minimum absolute atomic E-state index is 0.0112. The van der Waals surface area contributed by atoms with Crippen molar-refractivity contribution in [2.45, 2.75) is 19.3 Å². The molecule has 7 nitrogen and oxygen atoms in total. The number of nitrogens with one attached hydrogen (secondary N) is 2. The Bertz CT molecular complexity index is 927. The van der Waals surface area contributed by atoms with E-state index in [2.05, 4.69) is 32.8 Å². The molecule has 2 aromatic carbocycles. The molecule has 138 valence electrons. The Morgan fingerprint density at radius 1 is 1.00 bits per heavy atom. The number of carbonyl (C=O) groups excluding carboxylic acids is 1. The van der Waals surface area contributed by atoms with Crippen molar-refractivity contribution in [2.75, 3.05) is 25.0 Å². The Hall–Kier alpha value is -3.31. The van der Waals surface area contributed by atoms with Gasteiger partial charge in [-0.05, 0) is 30.5 Å². The highest BCUT2D eigenvalue weighted by molar-refractivity contribution is 6.07. The van der Waals surface area contributed by atoms with Gasteiger partial charge in [0.15, 0.2) is 0 Å². The van der Waals surface area contributed by atoms with E-state index in [9.17, 15) is 4.79 Å². The van der Waals surface area contributed by atoms with E-state index in [0.29, 0.717) is 13.0 Å². The molecule has 0 saturated carbocycles. The molecule has 1 amide bonds. The molecule has 3 aromatic rings. The SMILES string of the molecule is [N-]=[N+]=NCCNC(=O)CCCCNc1c2ccccc2nc2ccccc12. The number of anilines is 1. The van der Waals surface area contributed by atoms with Crippen LogP contribution in [-0.4, -0.2) is 30.5 Å². The summed E-state index contributed by atoms with van der Waals surface area (Å²) in [7, 11) is 0. The molecule has 0 spiro atoms. The van der Waals surface area contributed by atoms with Crippen LogP contribution in [0.2, 0.25) is 0 Å². The fourth-order valence-corrected chi connectivity index (χ4v) is 3.03. The van der Waals surface area contributed by atoms with Gasteiger partial charge in [0.25, 0.3) is 0 Å². The molecule has 7 heteroatoms. The van der Waals surface area contributed by atoms with Crippen LogP contribution in [0.4, 0.5) is 5.69 Å². The van der Waals surface area contributed by atoms with E-state index in [1.165, 1.54) is 0 Å². The molecular weight excluding hydrogens is 340 g/mol. The first kappa shape index (κ1) is 18.5. The topological polar surface area (TPSA) is 103 Å². The van der Waals surface area contributed by atoms with Gasteiger partial charge >= 0.3 is 0 Å². The average Bonchev–Trinajstić information content (AvgIpc) is 2.70. The first-order valence-corrected chi connectivity index (χ1v) is 9.08. The molecule has 1 aromatic heterocycles. The zero-order valence-corrected chi connectivity index (χ0v) is 15.1. The van der Waals surface area contributed by atoms with Crippen LogP contribution in [0, 0.1) is 0 Å². The molecule has 0 radical (unpaired) electrons. The minimum atomic E-state index is -0.0112. The molecule has 0 aliphatic heterocycles. The van der Waals surface area contributed by atoms with E-state index < -0.39 is 0 Å². The summed E-state index contributed by atoms with van der Waals surface area (Å²) in [5.41, 5.74) is 11.2. The monoisotopic (exact) mass is 362 g/mol. The highest BCUT2D eigenvalue weighted by Crippen LogP contribution is 2.30. The summed E-state index contributed by atoms with van der Waals surface area (Å²) >= 11 is 0. The highest BCUT2D eigenvalue weighted by Gasteiger charge is 2.08. The molecule has 1 heterocycles. The van der Waals surface area contributed by atoms with Crippen LogP contribution in [0.1, 0.15) is 19.3 Å². The lowest BCUT2D eigenvalue weighted by molar-refractivity contribution is -0.121.